The summed E-state index contributed by atoms with van der Waals surface area (Å²) in [4.78, 5) is 12.0. The number of nitrogens with zero attached hydrogens (tertiary/aromatic N) is 2. The summed E-state index contributed by atoms with van der Waals surface area (Å²) in [5.41, 5.74) is 2.63. The standard InChI is InChI=1S/C16H21BrN4O2/c1-11-14(16(23-3)21(2)20-11)10-18-8-9-19-15(22)12-4-6-13(17)7-5-12/h4-7,18H,8-10H2,1-3H3,(H,19,22). The number of halogens is 1. The third-order valence-corrected chi connectivity index (χ3v) is 4.01. The number of carbonyl (C=O) groups excluding carboxylic acids is 1. The van der Waals surface area contributed by atoms with E-state index in [9.17, 15) is 4.79 Å². The van der Waals surface area contributed by atoms with Crippen LogP contribution < -0.4 is 15.4 Å². The maximum Gasteiger partial charge on any atom is 0.251 e. The molecule has 7 heteroatoms. The molecular formula is C16H21BrN4O2. The summed E-state index contributed by atoms with van der Waals surface area (Å²) < 4.78 is 8.03. The summed E-state index contributed by atoms with van der Waals surface area (Å²) in [6.07, 6.45) is 0. The van der Waals surface area contributed by atoms with Crippen molar-refractivity contribution in [1.82, 2.24) is 20.4 Å². The first-order valence-corrected chi connectivity index (χ1v) is 8.13. The van der Waals surface area contributed by atoms with Gasteiger partial charge in [-0.25, -0.2) is 4.68 Å². The van der Waals surface area contributed by atoms with Crippen LogP contribution in [0.25, 0.3) is 0 Å². The van der Waals surface area contributed by atoms with E-state index < -0.39 is 0 Å². The Morgan fingerprint density at radius 3 is 2.65 bits per heavy atom. The monoisotopic (exact) mass is 380 g/mol. The van der Waals surface area contributed by atoms with Crippen molar-refractivity contribution in [2.75, 3.05) is 20.2 Å². The number of methoxy groups -OCH3 is 1. The van der Waals surface area contributed by atoms with E-state index in [0.29, 0.717) is 25.2 Å². The zero-order valence-corrected chi connectivity index (χ0v) is 15.1. The lowest BCUT2D eigenvalue weighted by Gasteiger charge is -2.08. The Balaban J connectivity index is 1.76. The molecule has 0 aliphatic carbocycles. The van der Waals surface area contributed by atoms with Gasteiger partial charge in [0, 0.05) is 36.7 Å². The van der Waals surface area contributed by atoms with Crippen LogP contribution in [0, 0.1) is 6.92 Å². The van der Waals surface area contributed by atoms with Crippen LogP contribution >= 0.6 is 15.9 Å². The molecule has 6 nitrogen and oxygen atoms in total. The summed E-state index contributed by atoms with van der Waals surface area (Å²) >= 11 is 3.35. The first kappa shape index (κ1) is 17.5. The molecule has 1 heterocycles. The second kappa shape index (κ2) is 8.12. The quantitative estimate of drug-likeness (QED) is 0.721. The normalized spacial score (nSPS) is 10.6. The van der Waals surface area contributed by atoms with Crippen molar-refractivity contribution in [3.63, 3.8) is 0 Å². The topological polar surface area (TPSA) is 68.2 Å². The highest BCUT2D eigenvalue weighted by molar-refractivity contribution is 9.10. The molecule has 1 amide bonds. The first-order valence-electron chi connectivity index (χ1n) is 7.34. The molecule has 1 aromatic heterocycles. The van der Waals surface area contributed by atoms with Gasteiger partial charge in [0.05, 0.1) is 18.4 Å². The van der Waals surface area contributed by atoms with Gasteiger partial charge in [-0.1, -0.05) is 15.9 Å². The predicted octanol–water partition coefficient (Wildman–Crippen LogP) is 2.02. The van der Waals surface area contributed by atoms with E-state index >= 15 is 0 Å². The number of ether oxygens (including phenoxy) is 1. The minimum Gasteiger partial charge on any atom is -0.481 e. The van der Waals surface area contributed by atoms with Crippen LogP contribution in [0.2, 0.25) is 0 Å². The van der Waals surface area contributed by atoms with Crippen molar-refractivity contribution >= 4 is 21.8 Å². The van der Waals surface area contributed by atoms with Crippen LogP contribution in [0.15, 0.2) is 28.7 Å². The van der Waals surface area contributed by atoms with E-state index in [1.54, 1.807) is 23.9 Å². The molecule has 2 N–H and O–H groups in total. The van der Waals surface area contributed by atoms with Crippen molar-refractivity contribution in [2.45, 2.75) is 13.5 Å². The van der Waals surface area contributed by atoms with Gasteiger partial charge in [0.1, 0.15) is 0 Å². The molecule has 0 saturated heterocycles. The molecule has 0 spiro atoms. The highest BCUT2D eigenvalue weighted by atomic mass is 79.9. The van der Waals surface area contributed by atoms with Gasteiger partial charge in [0.2, 0.25) is 5.88 Å². The Labute approximate surface area is 144 Å². The number of aromatic nitrogens is 2. The Morgan fingerprint density at radius 2 is 2.00 bits per heavy atom. The number of hydrogen-bond acceptors (Lipinski definition) is 4. The molecule has 0 aliphatic rings. The molecular weight excluding hydrogens is 360 g/mol. The number of amides is 1. The summed E-state index contributed by atoms with van der Waals surface area (Å²) in [5.74, 6) is 0.684. The Hall–Kier alpha value is -1.86. The van der Waals surface area contributed by atoms with Crippen molar-refractivity contribution in [1.29, 1.82) is 0 Å². The summed E-state index contributed by atoms with van der Waals surface area (Å²) in [7, 11) is 3.49. The van der Waals surface area contributed by atoms with Gasteiger partial charge >= 0.3 is 0 Å². The fourth-order valence-electron chi connectivity index (χ4n) is 2.32. The van der Waals surface area contributed by atoms with Crippen molar-refractivity contribution < 1.29 is 9.53 Å². The predicted molar refractivity (Wildman–Crippen MR) is 92.7 cm³/mol. The smallest absolute Gasteiger partial charge is 0.251 e. The average Bonchev–Trinajstić information content (AvgIpc) is 2.80. The Morgan fingerprint density at radius 1 is 1.30 bits per heavy atom. The van der Waals surface area contributed by atoms with E-state index in [0.717, 1.165) is 21.6 Å². The Kier molecular flexibility index (Phi) is 6.18. The highest BCUT2D eigenvalue weighted by Crippen LogP contribution is 2.20. The molecule has 0 saturated carbocycles. The molecule has 2 aromatic rings. The zero-order chi connectivity index (χ0) is 16.8. The van der Waals surface area contributed by atoms with Crippen molar-refractivity contribution in [2.24, 2.45) is 7.05 Å². The maximum absolute atomic E-state index is 12.0. The third kappa shape index (κ3) is 4.56. The number of nitrogens with one attached hydrogen (secondary N) is 2. The molecule has 1 aromatic carbocycles. The molecule has 124 valence electrons. The van der Waals surface area contributed by atoms with Gasteiger partial charge in [0.25, 0.3) is 5.91 Å². The lowest BCUT2D eigenvalue weighted by Crippen LogP contribution is -2.31. The lowest BCUT2D eigenvalue weighted by atomic mass is 10.2. The summed E-state index contributed by atoms with van der Waals surface area (Å²) in [5, 5.41) is 10.5. The number of benzene rings is 1. The first-order chi connectivity index (χ1) is 11.0. The fourth-order valence-corrected chi connectivity index (χ4v) is 2.59. The molecule has 0 atom stereocenters. The summed E-state index contributed by atoms with van der Waals surface area (Å²) in [6.45, 7) is 3.82. The van der Waals surface area contributed by atoms with E-state index in [1.807, 2.05) is 26.1 Å². The lowest BCUT2D eigenvalue weighted by molar-refractivity contribution is 0.0954. The SMILES string of the molecule is COc1c(CNCCNC(=O)c2ccc(Br)cc2)c(C)nn1C. The van der Waals surface area contributed by atoms with Gasteiger partial charge in [0.15, 0.2) is 0 Å². The van der Waals surface area contributed by atoms with E-state index in [2.05, 4.69) is 31.7 Å². The molecule has 0 radical (unpaired) electrons. The molecule has 23 heavy (non-hydrogen) atoms. The molecule has 0 fully saturated rings. The second-order valence-electron chi connectivity index (χ2n) is 5.14. The van der Waals surface area contributed by atoms with Gasteiger partial charge in [-0.05, 0) is 31.2 Å². The van der Waals surface area contributed by atoms with Crippen molar-refractivity contribution in [3.05, 3.63) is 45.6 Å². The second-order valence-corrected chi connectivity index (χ2v) is 6.05. The van der Waals surface area contributed by atoms with E-state index in [1.165, 1.54) is 0 Å². The molecule has 2 rings (SSSR count). The van der Waals surface area contributed by atoms with Crippen LogP contribution in [0.4, 0.5) is 0 Å². The van der Waals surface area contributed by atoms with Crippen LogP contribution in [-0.4, -0.2) is 35.9 Å². The molecule has 0 aliphatic heterocycles. The summed E-state index contributed by atoms with van der Waals surface area (Å²) in [6, 6.07) is 7.28. The number of carbonyl (C=O) groups is 1. The van der Waals surface area contributed by atoms with Gasteiger partial charge in [-0.2, -0.15) is 5.10 Å². The van der Waals surface area contributed by atoms with Crippen LogP contribution in [0.1, 0.15) is 21.6 Å². The number of rotatable bonds is 7. The van der Waals surface area contributed by atoms with E-state index in [4.69, 9.17) is 4.74 Å². The highest BCUT2D eigenvalue weighted by Gasteiger charge is 2.13. The van der Waals surface area contributed by atoms with Crippen molar-refractivity contribution in [3.8, 4) is 5.88 Å². The zero-order valence-electron chi connectivity index (χ0n) is 13.5. The minimum absolute atomic E-state index is 0.0746. The van der Waals surface area contributed by atoms with Gasteiger partial charge in [-0.3, -0.25) is 4.79 Å². The largest absolute Gasteiger partial charge is 0.481 e. The fraction of sp³-hybridized carbons (Fsp3) is 0.375. The number of aryl methyl sites for hydroxylation is 2. The third-order valence-electron chi connectivity index (χ3n) is 3.48. The number of hydrogen-bond donors (Lipinski definition) is 2. The van der Waals surface area contributed by atoms with E-state index in [-0.39, 0.29) is 5.91 Å². The average molecular weight is 381 g/mol. The Bertz CT molecular complexity index is 667. The molecule has 0 bridgehead atoms. The minimum atomic E-state index is -0.0746. The van der Waals surface area contributed by atoms with Gasteiger partial charge < -0.3 is 15.4 Å². The van der Waals surface area contributed by atoms with Gasteiger partial charge in [-0.15, -0.1) is 0 Å². The van der Waals surface area contributed by atoms with Crippen LogP contribution in [0.5, 0.6) is 5.88 Å². The van der Waals surface area contributed by atoms with Crippen LogP contribution in [-0.2, 0) is 13.6 Å². The van der Waals surface area contributed by atoms with Crippen LogP contribution in [0.3, 0.4) is 0 Å². The maximum atomic E-state index is 12.0. The molecule has 0 unspecified atom stereocenters.